The molecule has 0 amide bonds. The van der Waals surface area contributed by atoms with E-state index >= 15 is 0 Å². The van der Waals surface area contributed by atoms with Gasteiger partial charge < -0.3 is 4.74 Å². The molecule has 0 fully saturated rings. The van der Waals surface area contributed by atoms with E-state index in [-0.39, 0.29) is 12.4 Å². The second-order valence-corrected chi connectivity index (χ2v) is 6.40. The normalized spacial score (nSPS) is 12.6. The second kappa shape index (κ2) is 7.19. The van der Waals surface area contributed by atoms with Crippen LogP contribution in [0.15, 0.2) is 0 Å². The van der Waals surface area contributed by atoms with Crippen molar-refractivity contribution in [3.63, 3.8) is 0 Å². The molecule has 0 aromatic rings. The highest BCUT2D eigenvalue weighted by Gasteiger charge is 2.22. The van der Waals surface area contributed by atoms with E-state index in [1.54, 1.807) is 0 Å². The Kier molecular flexibility index (Phi) is 7.05. The fraction of sp³-hybridized carbons (Fsp3) is 0.917. The summed E-state index contributed by atoms with van der Waals surface area (Å²) in [6.45, 7) is 6.00. The standard InChI is InChI=1S/C12H22F2O2S/c1-10(15)16-11(2,3)17-9-7-5-6-8-12(4,13)14/h5-9H2,1-4H3. The summed E-state index contributed by atoms with van der Waals surface area (Å²) in [5.41, 5.74) is 0. The van der Waals surface area contributed by atoms with Crippen molar-refractivity contribution in [2.75, 3.05) is 5.75 Å². The lowest BCUT2D eigenvalue weighted by Crippen LogP contribution is -2.23. The van der Waals surface area contributed by atoms with Gasteiger partial charge in [-0.3, -0.25) is 4.79 Å². The molecule has 0 heterocycles. The summed E-state index contributed by atoms with van der Waals surface area (Å²) in [4.78, 5) is 10.3. The van der Waals surface area contributed by atoms with Crippen LogP contribution >= 0.6 is 11.8 Å². The van der Waals surface area contributed by atoms with Crippen LogP contribution in [-0.2, 0) is 9.53 Å². The molecule has 2 nitrogen and oxygen atoms in total. The maximum Gasteiger partial charge on any atom is 0.304 e. The molecule has 0 aliphatic heterocycles. The topological polar surface area (TPSA) is 26.3 Å². The van der Waals surface area contributed by atoms with Gasteiger partial charge in [-0.25, -0.2) is 8.78 Å². The summed E-state index contributed by atoms with van der Waals surface area (Å²) in [6.07, 6.45) is 2.14. The van der Waals surface area contributed by atoms with Crippen LogP contribution in [0.25, 0.3) is 0 Å². The summed E-state index contributed by atoms with van der Waals surface area (Å²) in [6, 6.07) is 0. The first-order valence-electron chi connectivity index (χ1n) is 5.84. The number of rotatable bonds is 8. The van der Waals surface area contributed by atoms with E-state index in [0.717, 1.165) is 25.5 Å². The van der Waals surface area contributed by atoms with Gasteiger partial charge in [0.25, 0.3) is 0 Å². The van der Waals surface area contributed by atoms with E-state index in [1.807, 2.05) is 13.8 Å². The number of hydrogen-bond donors (Lipinski definition) is 0. The smallest absolute Gasteiger partial charge is 0.304 e. The molecule has 0 radical (unpaired) electrons. The highest BCUT2D eigenvalue weighted by Crippen LogP contribution is 2.27. The Morgan fingerprint density at radius 3 is 2.24 bits per heavy atom. The highest BCUT2D eigenvalue weighted by molar-refractivity contribution is 8.00. The van der Waals surface area contributed by atoms with Crippen molar-refractivity contribution in [1.82, 2.24) is 0 Å². The van der Waals surface area contributed by atoms with Crippen molar-refractivity contribution in [2.24, 2.45) is 0 Å². The van der Waals surface area contributed by atoms with Crippen LogP contribution in [0.3, 0.4) is 0 Å². The molecule has 0 saturated heterocycles. The van der Waals surface area contributed by atoms with Crippen LogP contribution in [0, 0.1) is 0 Å². The van der Waals surface area contributed by atoms with Gasteiger partial charge >= 0.3 is 5.97 Å². The van der Waals surface area contributed by atoms with Gasteiger partial charge in [0.1, 0.15) is 0 Å². The number of carbonyl (C=O) groups excluding carboxylic acids is 1. The molecule has 0 bridgehead atoms. The van der Waals surface area contributed by atoms with E-state index in [2.05, 4.69) is 0 Å². The van der Waals surface area contributed by atoms with Gasteiger partial charge in [-0.2, -0.15) is 0 Å². The molecule has 0 saturated carbocycles. The monoisotopic (exact) mass is 268 g/mol. The predicted octanol–water partition coefficient (Wildman–Crippen LogP) is 4.23. The lowest BCUT2D eigenvalue weighted by Gasteiger charge is -2.23. The third-order valence-corrected chi connectivity index (χ3v) is 3.37. The zero-order chi connectivity index (χ0) is 13.5. The van der Waals surface area contributed by atoms with Gasteiger partial charge in [-0.15, -0.1) is 11.8 Å². The highest BCUT2D eigenvalue weighted by atomic mass is 32.2. The van der Waals surface area contributed by atoms with Crippen molar-refractivity contribution in [2.45, 2.75) is 64.2 Å². The summed E-state index contributed by atoms with van der Waals surface area (Å²) in [5, 5.41) is 0. The van der Waals surface area contributed by atoms with Crippen molar-refractivity contribution < 1.29 is 18.3 Å². The van der Waals surface area contributed by atoms with Crippen molar-refractivity contribution in [1.29, 1.82) is 0 Å². The molecule has 0 aliphatic rings. The molecule has 0 rings (SSSR count). The van der Waals surface area contributed by atoms with Crippen molar-refractivity contribution in [3.05, 3.63) is 0 Å². The number of unbranched alkanes of at least 4 members (excludes halogenated alkanes) is 2. The van der Waals surface area contributed by atoms with Crippen molar-refractivity contribution in [3.8, 4) is 0 Å². The van der Waals surface area contributed by atoms with Crippen LogP contribution in [0.2, 0.25) is 0 Å². The Morgan fingerprint density at radius 2 is 1.76 bits per heavy atom. The van der Waals surface area contributed by atoms with E-state index < -0.39 is 10.9 Å². The average Bonchev–Trinajstić information content (AvgIpc) is 2.06. The number of carbonyl (C=O) groups is 1. The maximum absolute atomic E-state index is 12.5. The Labute approximate surface area is 106 Å². The van der Waals surface area contributed by atoms with Crippen molar-refractivity contribution >= 4 is 17.7 Å². The first-order chi connectivity index (χ1) is 7.62. The summed E-state index contributed by atoms with van der Waals surface area (Å²) < 4.78 is 30.1. The Bertz CT molecular complexity index is 237. The van der Waals surface area contributed by atoms with Gasteiger partial charge in [-0.1, -0.05) is 6.42 Å². The third kappa shape index (κ3) is 11.9. The lowest BCUT2D eigenvalue weighted by molar-refractivity contribution is -0.146. The summed E-state index contributed by atoms with van der Waals surface area (Å²) in [7, 11) is 0. The minimum absolute atomic E-state index is 0.0506. The predicted molar refractivity (Wildman–Crippen MR) is 67.4 cm³/mol. The first-order valence-corrected chi connectivity index (χ1v) is 6.82. The third-order valence-electron chi connectivity index (χ3n) is 2.10. The minimum Gasteiger partial charge on any atom is -0.449 e. The molecule has 0 aromatic heterocycles. The van der Waals surface area contributed by atoms with E-state index in [9.17, 15) is 13.6 Å². The van der Waals surface area contributed by atoms with E-state index in [1.165, 1.54) is 18.7 Å². The number of hydrogen-bond acceptors (Lipinski definition) is 3. The van der Waals surface area contributed by atoms with Crippen LogP contribution < -0.4 is 0 Å². The number of ether oxygens (including phenoxy) is 1. The number of halogens is 2. The molecule has 0 atom stereocenters. The molecule has 5 heteroatoms. The Balaban J connectivity index is 3.54. The van der Waals surface area contributed by atoms with Crippen LogP contribution in [-0.4, -0.2) is 22.6 Å². The molecular weight excluding hydrogens is 246 g/mol. The average molecular weight is 268 g/mol. The molecule has 0 spiro atoms. The first kappa shape index (κ1) is 16.7. The van der Waals surface area contributed by atoms with Crippen LogP contribution in [0.1, 0.15) is 53.4 Å². The van der Waals surface area contributed by atoms with Gasteiger partial charge in [0.05, 0.1) is 0 Å². The molecule has 0 aromatic carbocycles. The summed E-state index contributed by atoms with van der Waals surface area (Å²) >= 11 is 1.53. The summed E-state index contributed by atoms with van der Waals surface area (Å²) in [5.74, 6) is -2.03. The van der Waals surface area contributed by atoms with Gasteiger partial charge in [0.15, 0.2) is 4.93 Å². The molecule has 102 valence electrons. The maximum atomic E-state index is 12.5. The van der Waals surface area contributed by atoms with E-state index in [0.29, 0.717) is 6.42 Å². The minimum atomic E-state index is -2.55. The SMILES string of the molecule is CC(=O)OC(C)(C)SCCCCCC(C)(F)F. The van der Waals surface area contributed by atoms with Gasteiger partial charge in [0.2, 0.25) is 5.92 Å². The largest absolute Gasteiger partial charge is 0.449 e. The fourth-order valence-corrected chi connectivity index (χ4v) is 2.42. The quantitative estimate of drug-likeness (QED) is 0.374. The second-order valence-electron chi connectivity index (χ2n) is 4.72. The number of esters is 1. The van der Waals surface area contributed by atoms with Gasteiger partial charge in [-0.05, 0) is 39.4 Å². The van der Waals surface area contributed by atoms with Gasteiger partial charge in [0, 0.05) is 13.3 Å². The molecule has 0 unspecified atom stereocenters. The molecule has 17 heavy (non-hydrogen) atoms. The number of thioether (sulfide) groups is 1. The van der Waals surface area contributed by atoms with Crippen LogP contribution in [0.4, 0.5) is 8.78 Å². The van der Waals surface area contributed by atoms with E-state index in [4.69, 9.17) is 4.74 Å². The molecule has 0 N–H and O–H groups in total. The fourth-order valence-electron chi connectivity index (χ4n) is 1.41. The molecular formula is C12H22F2O2S. The molecule has 0 aliphatic carbocycles. The van der Waals surface area contributed by atoms with Crippen LogP contribution in [0.5, 0.6) is 0 Å². The Morgan fingerprint density at radius 1 is 1.18 bits per heavy atom. The lowest BCUT2D eigenvalue weighted by atomic mass is 10.1. The zero-order valence-electron chi connectivity index (χ0n) is 11.0. The Hall–Kier alpha value is -0.320. The number of alkyl halides is 2. The zero-order valence-corrected chi connectivity index (χ0v) is 11.8.